The Morgan fingerprint density at radius 2 is 1.93 bits per heavy atom. The van der Waals surface area contributed by atoms with Crippen molar-refractivity contribution in [1.82, 2.24) is 15.5 Å². The summed E-state index contributed by atoms with van der Waals surface area (Å²) in [4.78, 5) is 24.4. The van der Waals surface area contributed by atoms with E-state index in [-0.39, 0.29) is 11.8 Å². The molecule has 0 saturated heterocycles. The van der Waals surface area contributed by atoms with Crippen LogP contribution in [0.1, 0.15) is 53.6 Å². The van der Waals surface area contributed by atoms with Gasteiger partial charge in [0.05, 0.1) is 5.75 Å². The Morgan fingerprint density at radius 3 is 2.67 bits per heavy atom. The number of thioether (sulfide) groups is 1. The van der Waals surface area contributed by atoms with Crippen LogP contribution in [-0.2, 0) is 4.79 Å². The molecule has 1 aromatic carbocycles. The molecule has 0 radical (unpaired) electrons. The Labute approximate surface area is 167 Å². The highest BCUT2D eigenvalue weighted by atomic mass is 32.2. The molecule has 1 saturated carbocycles. The summed E-state index contributed by atoms with van der Waals surface area (Å²) in [6, 6.07) is 5.89. The average molecular weight is 405 g/mol. The zero-order chi connectivity index (χ0) is 19.2. The summed E-state index contributed by atoms with van der Waals surface area (Å²) in [5.41, 5.74) is 2.81. The van der Waals surface area contributed by atoms with Crippen LogP contribution in [0.5, 0.6) is 0 Å². The quantitative estimate of drug-likeness (QED) is 0.563. The molecule has 1 aromatic heterocycles. The molecule has 3 rings (SSSR count). The number of aromatic nitrogens is 2. The van der Waals surface area contributed by atoms with Gasteiger partial charge in [-0.1, -0.05) is 48.4 Å². The molecule has 144 valence electrons. The number of hydrogen-bond acceptors (Lipinski definition) is 6. The van der Waals surface area contributed by atoms with E-state index in [2.05, 4.69) is 20.8 Å². The van der Waals surface area contributed by atoms with Gasteiger partial charge in [0.1, 0.15) is 0 Å². The van der Waals surface area contributed by atoms with Crippen LogP contribution in [-0.4, -0.2) is 33.8 Å². The third-order valence-electron chi connectivity index (χ3n) is 4.69. The second-order valence-corrected chi connectivity index (χ2v) is 9.02. The Morgan fingerprint density at radius 1 is 1.15 bits per heavy atom. The highest BCUT2D eigenvalue weighted by molar-refractivity contribution is 8.01. The third kappa shape index (κ3) is 5.77. The summed E-state index contributed by atoms with van der Waals surface area (Å²) in [6.45, 7) is 3.99. The standard InChI is InChI=1S/C19H24N4O2S2/c1-12-8-9-14(10-13(12)2)17(25)21-18-22-23-19(27-18)26-11-16(24)20-15-6-4-3-5-7-15/h8-10,15H,3-7,11H2,1-2H3,(H,20,24)(H,21,22,25). The predicted octanol–water partition coefficient (Wildman–Crippen LogP) is 3.95. The van der Waals surface area contributed by atoms with Crippen LogP contribution in [0.25, 0.3) is 0 Å². The minimum absolute atomic E-state index is 0.0304. The van der Waals surface area contributed by atoms with E-state index in [0.717, 1.165) is 24.0 Å². The molecule has 2 aromatic rings. The van der Waals surface area contributed by atoms with Gasteiger partial charge in [0.2, 0.25) is 11.0 Å². The van der Waals surface area contributed by atoms with Crippen molar-refractivity contribution in [3.05, 3.63) is 34.9 Å². The molecule has 2 N–H and O–H groups in total. The van der Waals surface area contributed by atoms with Gasteiger partial charge in [-0.3, -0.25) is 14.9 Å². The van der Waals surface area contributed by atoms with Crippen molar-refractivity contribution in [1.29, 1.82) is 0 Å². The lowest BCUT2D eigenvalue weighted by molar-refractivity contribution is -0.119. The summed E-state index contributed by atoms with van der Waals surface area (Å²) < 4.78 is 0.671. The maximum Gasteiger partial charge on any atom is 0.257 e. The SMILES string of the molecule is Cc1ccc(C(=O)Nc2nnc(SCC(=O)NC3CCCCC3)s2)cc1C. The average Bonchev–Trinajstić information content (AvgIpc) is 3.10. The van der Waals surface area contributed by atoms with E-state index in [1.807, 2.05) is 26.0 Å². The number of amides is 2. The molecule has 1 fully saturated rings. The monoisotopic (exact) mass is 404 g/mol. The van der Waals surface area contributed by atoms with Crippen molar-refractivity contribution >= 4 is 40.0 Å². The number of benzene rings is 1. The van der Waals surface area contributed by atoms with Crippen molar-refractivity contribution in [2.45, 2.75) is 56.3 Å². The molecule has 8 heteroatoms. The second kappa shape index (κ2) is 9.32. The molecule has 1 aliphatic rings. The van der Waals surface area contributed by atoms with Crippen molar-refractivity contribution in [2.24, 2.45) is 0 Å². The molecule has 2 amide bonds. The fourth-order valence-electron chi connectivity index (χ4n) is 3.01. The van der Waals surface area contributed by atoms with Gasteiger partial charge in [-0.25, -0.2) is 0 Å². The Hall–Kier alpha value is -1.93. The first-order valence-electron chi connectivity index (χ1n) is 9.15. The van der Waals surface area contributed by atoms with Crippen LogP contribution >= 0.6 is 23.1 Å². The van der Waals surface area contributed by atoms with Crippen LogP contribution in [0.4, 0.5) is 5.13 Å². The highest BCUT2D eigenvalue weighted by Gasteiger charge is 2.17. The van der Waals surface area contributed by atoms with E-state index >= 15 is 0 Å². The number of aryl methyl sites for hydroxylation is 2. The Kier molecular flexibility index (Phi) is 6.84. The fraction of sp³-hybridized carbons (Fsp3) is 0.474. The number of nitrogens with one attached hydrogen (secondary N) is 2. The van der Waals surface area contributed by atoms with E-state index in [0.29, 0.717) is 26.8 Å². The molecule has 0 spiro atoms. The molecule has 27 heavy (non-hydrogen) atoms. The predicted molar refractivity (Wildman–Crippen MR) is 110 cm³/mol. The van der Waals surface area contributed by atoms with Crippen molar-refractivity contribution in [3.8, 4) is 0 Å². The zero-order valence-corrected chi connectivity index (χ0v) is 17.2. The lowest BCUT2D eigenvalue weighted by Gasteiger charge is -2.22. The first-order valence-corrected chi connectivity index (χ1v) is 11.0. The van der Waals surface area contributed by atoms with Crippen LogP contribution < -0.4 is 10.6 Å². The molecule has 1 heterocycles. The van der Waals surface area contributed by atoms with Gasteiger partial charge in [-0.15, -0.1) is 10.2 Å². The lowest BCUT2D eigenvalue weighted by atomic mass is 9.95. The third-order valence-corrected chi connectivity index (χ3v) is 6.67. The van der Waals surface area contributed by atoms with E-state index in [9.17, 15) is 9.59 Å². The van der Waals surface area contributed by atoms with Crippen molar-refractivity contribution < 1.29 is 9.59 Å². The first kappa shape index (κ1) is 19.8. The smallest absolute Gasteiger partial charge is 0.257 e. The first-order chi connectivity index (χ1) is 13.0. The topological polar surface area (TPSA) is 84.0 Å². The summed E-state index contributed by atoms with van der Waals surface area (Å²) in [6.07, 6.45) is 5.80. The minimum atomic E-state index is -0.208. The zero-order valence-electron chi connectivity index (χ0n) is 15.6. The van der Waals surface area contributed by atoms with Crippen LogP contribution in [0, 0.1) is 13.8 Å². The maximum absolute atomic E-state index is 12.3. The molecular weight excluding hydrogens is 380 g/mol. The largest absolute Gasteiger partial charge is 0.353 e. The lowest BCUT2D eigenvalue weighted by Crippen LogP contribution is -2.37. The van der Waals surface area contributed by atoms with Gasteiger partial charge in [0.25, 0.3) is 5.91 Å². The van der Waals surface area contributed by atoms with Crippen LogP contribution in [0.3, 0.4) is 0 Å². The van der Waals surface area contributed by atoms with Gasteiger partial charge >= 0.3 is 0 Å². The van der Waals surface area contributed by atoms with E-state index in [1.54, 1.807) is 6.07 Å². The van der Waals surface area contributed by atoms with E-state index in [4.69, 9.17) is 0 Å². The molecule has 0 bridgehead atoms. The highest BCUT2D eigenvalue weighted by Crippen LogP contribution is 2.26. The molecule has 0 aliphatic heterocycles. The number of hydrogen-bond donors (Lipinski definition) is 2. The minimum Gasteiger partial charge on any atom is -0.353 e. The van der Waals surface area contributed by atoms with E-state index in [1.165, 1.54) is 42.4 Å². The molecule has 6 nitrogen and oxygen atoms in total. The van der Waals surface area contributed by atoms with Gasteiger partial charge in [0, 0.05) is 11.6 Å². The maximum atomic E-state index is 12.3. The fourth-order valence-corrected chi connectivity index (χ4v) is 4.57. The molecular formula is C19H24N4O2S2. The number of carbonyl (C=O) groups is 2. The molecule has 0 atom stereocenters. The molecule has 0 unspecified atom stereocenters. The number of anilines is 1. The Balaban J connectivity index is 1.48. The molecule has 1 aliphatic carbocycles. The van der Waals surface area contributed by atoms with Gasteiger partial charge in [0.15, 0.2) is 4.34 Å². The summed E-state index contributed by atoms with van der Waals surface area (Å²) in [5.74, 6) is 0.139. The summed E-state index contributed by atoms with van der Waals surface area (Å²) in [7, 11) is 0. The van der Waals surface area contributed by atoms with Gasteiger partial charge < -0.3 is 5.32 Å². The summed E-state index contributed by atoms with van der Waals surface area (Å²) in [5, 5.41) is 14.3. The van der Waals surface area contributed by atoms with Crippen LogP contribution in [0.2, 0.25) is 0 Å². The Bertz CT molecular complexity index is 816. The van der Waals surface area contributed by atoms with Gasteiger partial charge in [-0.05, 0) is 49.9 Å². The van der Waals surface area contributed by atoms with Crippen molar-refractivity contribution in [2.75, 3.05) is 11.1 Å². The summed E-state index contributed by atoms with van der Waals surface area (Å²) >= 11 is 2.63. The number of nitrogens with zero attached hydrogens (tertiary/aromatic N) is 2. The normalized spacial score (nSPS) is 14.7. The number of rotatable bonds is 6. The second-order valence-electron chi connectivity index (χ2n) is 6.82. The van der Waals surface area contributed by atoms with Crippen LogP contribution in [0.15, 0.2) is 22.5 Å². The van der Waals surface area contributed by atoms with Gasteiger partial charge in [-0.2, -0.15) is 0 Å². The number of carbonyl (C=O) groups excluding carboxylic acids is 2. The van der Waals surface area contributed by atoms with E-state index < -0.39 is 0 Å². The van der Waals surface area contributed by atoms with Crippen molar-refractivity contribution in [3.63, 3.8) is 0 Å².